The minimum Gasteiger partial charge on any atom is -0.372 e. The Labute approximate surface area is 175 Å². The smallest absolute Gasteiger partial charge is 0.224 e. The van der Waals surface area contributed by atoms with Gasteiger partial charge in [0.05, 0.1) is 17.5 Å². The SMILES string of the molecule is Cc1cc(NC(=O)CCCCNS(=O)(=O)C(C)C)ccc1N1C[C@@H](C)O[C@@H](C)C1. The van der Waals surface area contributed by atoms with Crippen LogP contribution in [0.1, 0.15) is 52.5 Å². The van der Waals surface area contributed by atoms with Crippen molar-refractivity contribution in [1.82, 2.24) is 4.72 Å². The van der Waals surface area contributed by atoms with E-state index >= 15 is 0 Å². The van der Waals surface area contributed by atoms with Crippen LogP contribution in [0, 0.1) is 6.92 Å². The zero-order valence-electron chi connectivity index (χ0n) is 18.2. The van der Waals surface area contributed by atoms with Crippen molar-refractivity contribution in [2.45, 2.75) is 71.3 Å². The highest BCUT2D eigenvalue weighted by Crippen LogP contribution is 2.26. The quantitative estimate of drug-likeness (QED) is 0.594. The van der Waals surface area contributed by atoms with Crippen molar-refractivity contribution in [3.63, 3.8) is 0 Å². The highest BCUT2D eigenvalue weighted by atomic mass is 32.2. The molecule has 7 nitrogen and oxygen atoms in total. The summed E-state index contributed by atoms with van der Waals surface area (Å²) in [5, 5.41) is 2.49. The second-order valence-electron chi connectivity index (χ2n) is 8.16. The lowest BCUT2D eigenvalue weighted by atomic mass is 10.1. The van der Waals surface area contributed by atoms with Gasteiger partial charge < -0.3 is 15.0 Å². The van der Waals surface area contributed by atoms with Crippen LogP contribution < -0.4 is 14.9 Å². The van der Waals surface area contributed by atoms with Crippen molar-refractivity contribution in [2.24, 2.45) is 0 Å². The predicted octanol–water partition coefficient (Wildman–Crippen LogP) is 3.05. The standard InChI is InChI=1S/C21H35N3O4S/c1-15(2)29(26,27)22-11-7-6-8-21(25)23-19-9-10-20(16(3)12-19)24-13-17(4)28-18(5)14-24/h9-10,12,15,17-18,22H,6-8,11,13-14H2,1-5H3,(H,23,25)/t17-,18+. The molecule has 8 heteroatoms. The van der Waals surface area contributed by atoms with Gasteiger partial charge in [0.2, 0.25) is 15.9 Å². The van der Waals surface area contributed by atoms with E-state index in [1.54, 1.807) is 13.8 Å². The maximum Gasteiger partial charge on any atom is 0.224 e. The normalized spacial score (nSPS) is 20.1. The molecule has 1 aliphatic heterocycles. The Morgan fingerprint density at radius 2 is 1.86 bits per heavy atom. The Kier molecular flexibility index (Phi) is 8.48. The lowest BCUT2D eigenvalue weighted by Crippen LogP contribution is -2.45. The molecule has 164 valence electrons. The third-order valence-electron chi connectivity index (χ3n) is 5.00. The lowest BCUT2D eigenvalue weighted by Gasteiger charge is -2.37. The molecular formula is C21H35N3O4S. The first-order valence-corrected chi connectivity index (χ1v) is 11.9. The van der Waals surface area contributed by atoms with Crippen LogP contribution in [0.15, 0.2) is 18.2 Å². The van der Waals surface area contributed by atoms with E-state index in [0.29, 0.717) is 25.8 Å². The van der Waals surface area contributed by atoms with Crippen LogP contribution in [0.25, 0.3) is 0 Å². The number of carbonyl (C=O) groups excluding carboxylic acids is 1. The Bertz CT molecular complexity index is 785. The number of rotatable bonds is 9. The minimum absolute atomic E-state index is 0.0579. The van der Waals surface area contributed by atoms with Gasteiger partial charge in [-0.3, -0.25) is 4.79 Å². The van der Waals surface area contributed by atoms with Gasteiger partial charge in [0, 0.05) is 37.4 Å². The Morgan fingerprint density at radius 3 is 2.45 bits per heavy atom. The van der Waals surface area contributed by atoms with Gasteiger partial charge in [-0.05, 0) is 71.2 Å². The van der Waals surface area contributed by atoms with Crippen molar-refractivity contribution in [3.8, 4) is 0 Å². The van der Waals surface area contributed by atoms with E-state index in [2.05, 4.69) is 41.8 Å². The number of hydrogen-bond acceptors (Lipinski definition) is 5. The fourth-order valence-corrected chi connectivity index (χ4v) is 4.24. The summed E-state index contributed by atoms with van der Waals surface area (Å²) in [6, 6.07) is 5.98. The Hall–Kier alpha value is -1.64. The van der Waals surface area contributed by atoms with Gasteiger partial charge >= 0.3 is 0 Å². The first-order chi connectivity index (χ1) is 13.6. The predicted molar refractivity (Wildman–Crippen MR) is 118 cm³/mol. The number of ether oxygens (including phenoxy) is 1. The first kappa shape index (κ1) is 23.6. The van der Waals surface area contributed by atoms with Crippen molar-refractivity contribution in [2.75, 3.05) is 29.9 Å². The second kappa shape index (κ2) is 10.4. The summed E-state index contributed by atoms with van der Waals surface area (Å²) in [4.78, 5) is 14.5. The van der Waals surface area contributed by atoms with Crippen molar-refractivity contribution < 1.29 is 17.9 Å². The van der Waals surface area contributed by atoms with Crippen molar-refractivity contribution in [1.29, 1.82) is 0 Å². The van der Waals surface area contributed by atoms with Gasteiger partial charge in [0.25, 0.3) is 0 Å². The van der Waals surface area contributed by atoms with E-state index in [9.17, 15) is 13.2 Å². The molecule has 2 N–H and O–H groups in total. The molecule has 1 aliphatic rings. The number of nitrogens with zero attached hydrogens (tertiary/aromatic N) is 1. The molecule has 1 fully saturated rings. The molecule has 1 heterocycles. The number of anilines is 2. The number of carbonyl (C=O) groups is 1. The summed E-state index contributed by atoms with van der Waals surface area (Å²) >= 11 is 0. The van der Waals surface area contributed by atoms with Crippen LogP contribution in [0.4, 0.5) is 11.4 Å². The van der Waals surface area contributed by atoms with Crippen molar-refractivity contribution >= 4 is 27.3 Å². The van der Waals surface area contributed by atoms with Gasteiger partial charge in [-0.1, -0.05) is 0 Å². The van der Waals surface area contributed by atoms with E-state index in [4.69, 9.17) is 4.74 Å². The van der Waals surface area contributed by atoms with Gasteiger partial charge in [-0.15, -0.1) is 0 Å². The van der Waals surface area contributed by atoms with E-state index in [1.807, 2.05) is 12.1 Å². The van der Waals surface area contributed by atoms with Crippen LogP contribution in [0.5, 0.6) is 0 Å². The molecular weight excluding hydrogens is 390 g/mol. The number of hydrogen-bond donors (Lipinski definition) is 2. The average molecular weight is 426 g/mol. The van der Waals surface area contributed by atoms with Gasteiger partial charge in [0.1, 0.15) is 0 Å². The highest BCUT2D eigenvalue weighted by molar-refractivity contribution is 7.90. The molecule has 1 aromatic carbocycles. The summed E-state index contributed by atoms with van der Waals surface area (Å²) in [6.45, 7) is 11.6. The van der Waals surface area contributed by atoms with E-state index in [-0.39, 0.29) is 18.1 Å². The molecule has 0 radical (unpaired) electrons. The Balaban J connectivity index is 1.80. The van der Waals surface area contributed by atoms with Crippen LogP contribution in [0.2, 0.25) is 0 Å². The van der Waals surface area contributed by atoms with E-state index < -0.39 is 15.3 Å². The summed E-state index contributed by atoms with van der Waals surface area (Å²) in [6.07, 6.45) is 2.02. The number of morpholine rings is 1. The van der Waals surface area contributed by atoms with E-state index in [0.717, 1.165) is 24.3 Å². The third kappa shape index (κ3) is 7.28. The molecule has 0 aliphatic carbocycles. The topological polar surface area (TPSA) is 87.7 Å². The fraction of sp³-hybridized carbons (Fsp3) is 0.667. The maximum absolute atomic E-state index is 12.2. The summed E-state index contributed by atoms with van der Waals surface area (Å²) in [7, 11) is -3.24. The molecule has 1 aromatic rings. The largest absolute Gasteiger partial charge is 0.372 e. The summed E-state index contributed by atoms with van der Waals surface area (Å²) < 4.78 is 31.7. The number of aryl methyl sites for hydroxylation is 1. The van der Waals surface area contributed by atoms with Crippen LogP contribution in [0.3, 0.4) is 0 Å². The zero-order chi connectivity index (χ0) is 21.6. The third-order valence-corrected chi connectivity index (χ3v) is 6.84. The number of sulfonamides is 1. The molecule has 1 saturated heterocycles. The van der Waals surface area contributed by atoms with Gasteiger partial charge in [-0.25, -0.2) is 13.1 Å². The van der Waals surface area contributed by atoms with Crippen LogP contribution in [-0.4, -0.2) is 51.4 Å². The fourth-order valence-electron chi connectivity index (χ4n) is 3.48. The van der Waals surface area contributed by atoms with Gasteiger partial charge in [-0.2, -0.15) is 0 Å². The first-order valence-electron chi connectivity index (χ1n) is 10.4. The van der Waals surface area contributed by atoms with E-state index in [1.165, 1.54) is 5.69 Å². The lowest BCUT2D eigenvalue weighted by molar-refractivity contribution is -0.116. The molecule has 2 atom stereocenters. The Morgan fingerprint density at radius 1 is 1.21 bits per heavy atom. The molecule has 0 spiro atoms. The highest BCUT2D eigenvalue weighted by Gasteiger charge is 2.23. The summed E-state index contributed by atoms with van der Waals surface area (Å²) in [5.74, 6) is -0.0579. The van der Waals surface area contributed by atoms with Crippen LogP contribution in [-0.2, 0) is 19.6 Å². The molecule has 29 heavy (non-hydrogen) atoms. The molecule has 0 aromatic heterocycles. The maximum atomic E-state index is 12.2. The minimum atomic E-state index is -3.24. The molecule has 0 saturated carbocycles. The number of amides is 1. The van der Waals surface area contributed by atoms with Crippen molar-refractivity contribution in [3.05, 3.63) is 23.8 Å². The molecule has 0 unspecified atom stereocenters. The van der Waals surface area contributed by atoms with Gasteiger partial charge in [0.15, 0.2) is 0 Å². The monoisotopic (exact) mass is 425 g/mol. The second-order valence-corrected chi connectivity index (χ2v) is 10.5. The molecule has 2 rings (SSSR count). The number of benzene rings is 1. The molecule has 0 bridgehead atoms. The average Bonchev–Trinajstić information content (AvgIpc) is 2.60. The molecule has 1 amide bonds. The number of nitrogens with one attached hydrogen (secondary N) is 2. The number of unbranched alkanes of at least 4 members (excludes halogenated alkanes) is 1. The zero-order valence-corrected chi connectivity index (χ0v) is 19.0. The van der Waals surface area contributed by atoms with Crippen LogP contribution >= 0.6 is 0 Å². The summed E-state index contributed by atoms with van der Waals surface area (Å²) in [5.41, 5.74) is 3.07.